The first-order valence-corrected chi connectivity index (χ1v) is 8.27. The highest BCUT2D eigenvalue weighted by atomic mass is 16.6. The average molecular weight is 359 g/mol. The maximum Gasteiger partial charge on any atom is 0.258 e. The number of aliphatic hydroxyl groups is 1. The minimum absolute atomic E-state index is 0.0633. The Balaban J connectivity index is 1.49. The van der Waals surface area contributed by atoms with E-state index in [-0.39, 0.29) is 19.1 Å². The molecule has 1 unspecified atom stereocenters. The lowest BCUT2D eigenvalue weighted by atomic mass is 10.1. The first-order chi connectivity index (χ1) is 12.7. The van der Waals surface area contributed by atoms with E-state index in [0.717, 1.165) is 0 Å². The summed E-state index contributed by atoms with van der Waals surface area (Å²) in [5, 5.41) is 12.9. The molecule has 0 saturated heterocycles. The number of amides is 1. The van der Waals surface area contributed by atoms with Crippen LogP contribution in [0.1, 0.15) is 11.7 Å². The zero-order valence-corrected chi connectivity index (χ0v) is 14.4. The average Bonchev–Trinajstić information content (AvgIpc) is 2.70. The van der Waals surface area contributed by atoms with E-state index in [1.165, 1.54) is 7.11 Å². The summed E-state index contributed by atoms with van der Waals surface area (Å²) < 4.78 is 21.5. The number of nitrogens with one attached hydrogen (secondary N) is 1. The van der Waals surface area contributed by atoms with Gasteiger partial charge in [-0.1, -0.05) is 18.2 Å². The van der Waals surface area contributed by atoms with E-state index in [4.69, 9.17) is 18.9 Å². The van der Waals surface area contributed by atoms with Gasteiger partial charge in [-0.2, -0.15) is 0 Å². The maximum atomic E-state index is 12.0. The van der Waals surface area contributed by atoms with Crippen LogP contribution in [0.25, 0.3) is 0 Å². The Hall–Kier alpha value is -2.93. The number of carbonyl (C=O) groups is 1. The van der Waals surface area contributed by atoms with Crippen molar-refractivity contribution in [3.05, 3.63) is 48.0 Å². The van der Waals surface area contributed by atoms with Gasteiger partial charge in [0.05, 0.1) is 13.2 Å². The Morgan fingerprint density at radius 2 is 1.88 bits per heavy atom. The van der Waals surface area contributed by atoms with Crippen molar-refractivity contribution in [3.8, 4) is 23.0 Å². The molecular weight excluding hydrogens is 338 g/mol. The van der Waals surface area contributed by atoms with Gasteiger partial charge in [-0.15, -0.1) is 0 Å². The molecule has 0 bridgehead atoms. The molecule has 138 valence electrons. The second-order valence-corrected chi connectivity index (χ2v) is 5.66. The number of methoxy groups -OCH3 is 1. The number of ether oxygens (including phenoxy) is 4. The van der Waals surface area contributed by atoms with Crippen LogP contribution < -0.4 is 24.3 Å². The van der Waals surface area contributed by atoms with Crippen molar-refractivity contribution in [2.45, 2.75) is 6.10 Å². The van der Waals surface area contributed by atoms with Crippen molar-refractivity contribution >= 4 is 5.91 Å². The highest BCUT2D eigenvalue weighted by molar-refractivity contribution is 5.77. The van der Waals surface area contributed by atoms with Crippen LogP contribution in [-0.4, -0.2) is 44.5 Å². The standard InChI is InChI=1S/C19H21NO6/c1-23-15-4-2-3-5-16(15)26-12-19(22)20-11-14(21)13-6-7-17-18(10-13)25-9-8-24-17/h2-7,10,14,21H,8-9,11-12H2,1H3,(H,20,22). The Bertz CT molecular complexity index is 763. The molecule has 1 atom stereocenters. The molecule has 7 heteroatoms. The molecule has 0 spiro atoms. The molecule has 1 aliphatic heterocycles. The fraction of sp³-hybridized carbons (Fsp3) is 0.316. The van der Waals surface area contributed by atoms with Crippen LogP contribution in [0.15, 0.2) is 42.5 Å². The fourth-order valence-electron chi connectivity index (χ4n) is 2.53. The molecule has 2 N–H and O–H groups in total. The number of para-hydroxylation sites is 2. The molecule has 0 aromatic heterocycles. The number of carbonyl (C=O) groups excluding carboxylic acids is 1. The second-order valence-electron chi connectivity index (χ2n) is 5.66. The van der Waals surface area contributed by atoms with Gasteiger partial charge >= 0.3 is 0 Å². The summed E-state index contributed by atoms with van der Waals surface area (Å²) in [6.45, 7) is 0.878. The van der Waals surface area contributed by atoms with Crippen LogP contribution in [0, 0.1) is 0 Å². The Morgan fingerprint density at radius 3 is 2.65 bits per heavy atom. The van der Waals surface area contributed by atoms with Gasteiger partial charge in [-0.25, -0.2) is 0 Å². The summed E-state index contributed by atoms with van der Waals surface area (Å²) in [5.41, 5.74) is 0.639. The molecule has 26 heavy (non-hydrogen) atoms. The number of benzene rings is 2. The summed E-state index contributed by atoms with van der Waals surface area (Å²) in [4.78, 5) is 12.0. The predicted molar refractivity (Wildman–Crippen MR) is 93.9 cm³/mol. The number of fused-ring (bicyclic) bond motifs is 1. The van der Waals surface area contributed by atoms with Crippen LogP contribution in [-0.2, 0) is 4.79 Å². The Labute approximate surface area is 151 Å². The van der Waals surface area contributed by atoms with Crippen molar-refractivity contribution < 1.29 is 28.8 Å². The second kappa shape index (κ2) is 8.44. The first kappa shape index (κ1) is 17.9. The quantitative estimate of drug-likeness (QED) is 0.783. The highest BCUT2D eigenvalue weighted by Crippen LogP contribution is 2.32. The third-order valence-corrected chi connectivity index (χ3v) is 3.87. The lowest BCUT2D eigenvalue weighted by molar-refractivity contribution is -0.123. The van der Waals surface area contributed by atoms with Gasteiger partial charge in [0.25, 0.3) is 5.91 Å². The normalized spacial score (nSPS) is 13.6. The van der Waals surface area contributed by atoms with Gasteiger partial charge in [0, 0.05) is 6.54 Å². The maximum absolute atomic E-state index is 12.0. The Kier molecular flexibility index (Phi) is 5.80. The third-order valence-electron chi connectivity index (χ3n) is 3.87. The molecule has 0 aliphatic carbocycles. The van der Waals surface area contributed by atoms with Crippen molar-refractivity contribution in [2.24, 2.45) is 0 Å². The van der Waals surface area contributed by atoms with E-state index in [0.29, 0.717) is 41.8 Å². The molecule has 2 aromatic rings. The zero-order valence-electron chi connectivity index (χ0n) is 14.4. The largest absolute Gasteiger partial charge is 0.493 e. The van der Waals surface area contributed by atoms with Gasteiger partial charge in [0.1, 0.15) is 13.2 Å². The lowest BCUT2D eigenvalue weighted by Gasteiger charge is -2.20. The molecular formula is C19H21NO6. The molecule has 1 heterocycles. The van der Waals surface area contributed by atoms with Crippen molar-refractivity contribution in [1.29, 1.82) is 0 Å². The van der Waals surface area contributed by atoms with Crippen LogP contribution in [0.5, 0.6) is 23.0 Å². The van der Waals surface area contributed by atoms with Gasteiger partial charge in [0.2, 0.25) is 0 Å². The van der Waals surface area contributed by atoms with E-state index < -0.39 is 6.10 Å². The van der Waals surface area contributed by atoms with Gasteiger partial charge < -0.3 is 29.4 Å². The first-order valence-electron chi connectivity index (χ1n) is 8.27. The number of rotatable bonds is 7. The molecule has 1 aliphatic rings. The van der Waals surface area contributed by atoms with Crippen molar-refractivity contribution in [3.63, 3.8) is 0 Å². The summed E-state index contributed by atoms with van der Waals surface area (Å²) >= 11 is 0. The predicted octanol–water partition coefficient (Wildman–Crippen LogP) is 1.69. The van der Waals surface area contributed by atoms with Gasteiger partial charge in [-0.05, 0) is 29.8 Å². The summed E-state index contributed by atoms with van der Waals surface area (Å²) in [7, 11) is 1.53. The number of aliphatic hydroxyl groups excluding tert-OH is 1. The third kappa shape index (κ3) is 4.37. The topological polar surface area (TPSA) is 86.3 Å². The summed E-state index contributed by atoms with van der Waals surface area (Å²) in [6.07, 6.45) is -0.860. The monoisotopic (exact) mass is 359 g/mol. The van der Waals surface area contributed by atoms with E-state index in [1.54, 1.807) is 36.4 Å². The van der Waals surface area contributed by atoms with Gasteiger partial charge in [-0.3, -0.25) is 4.79 Å². The van der Waals surface area contributed by atoms with Crippen LogP contribution >= 0.6 is 0 Å². The summed E-state index contributed by atoms with van der Waals surface area (Å²) in [6, 6.07) is 12.3. The highest BCUT2D eigenvalue weighted by Gasteiger charge is 2.16. The van der Waals surface area contributed by atoms with E-state index >= 15 is 0 Å². The summed E-state index contributed by atoms with van der Waals surface area (Å²) in [5.74, 6) is 1.95. The van der Waals surface area contributed by atoms with Crippen LogP contribution in [0.3, 0.4) is 0 Å². The van der Waals surface area contributed by atoms with E-state index in [2.05, 4.69) is 5.32 Å². The fourth-order valence-corrected chi connectivity index (χ4v) is 2.53. The minimum atomic E-state index is -0.860. The van der Waals surface area contributed by atoms with E-state index in [9.17, 15) is 9.90 Å². The molecule has 3 rings (SSSR count). The van der Waals surface area contributed by atoms with E-state index in [1.807, 2.05) is 6.07 Å². The number of hydrogen-bond donors (Lipinski definition) is 2. The molecule has 2 aromatic carbocycles. The SMILES string of the molecule is COc1ccccc1OCC(=O)NCC(O)c1ccc2c(c1)OCCO2. The van der Waals surface area contributed by atoms with Crippen molar-refractivity contribution in [2.75, 3.05) is 33.5 Å². The smallest absolute Gasteiger partial charge is 0.258 e. The number of hydrogen-bond acceptors (Lipinski definition) is 6. The molecule has 7 nitrogen and oxygen atoms in total. The Morgan fingerprint density at radius 1 is 1.15 bits per heavy atom. The molecule has 0 radical (unpaired) electrons. The van der Waals surface area contributed by atoms with Crippen LogP contribution in [0.2, 0.25) is 0 Å². The lowest BCUT2D eigenvalue weighted by Crippen LogP contribution is -2.32. The zero-order chi connectivity index (χ0) is 18.4. The van der Waals surface area contributed by atoms with Crippen LogP contribution in [0.4, 0.5) is 0 Å². The molecule has 1 amide bonds. The molecule has 0 fully saturated rings. The van der Waals surface area contributed by atoms with Crippen molar-refractivity contribution in [1.82, 2.24) is 5.32 Å². The minimum Gasteiger partial charge on any atom is -0.493 e. The van der Waals surface area contributed by atoms with Gasteiger partial charge in [0.15, 0.2) is 29.6 Å². The molecule has 0 saturated carbocycles.